The van der Waals surface area contributed by atoms with E-state index in [1.54, 1.807) is 12.1 Å². The van der Waals surface area contributed by atoms with Gasteiger partial charge in [0, 0.05) is 18.8 Å². The Balaban J connectivity index is 2.05. The van der Waals surface area contributed by atoms with Gasteiger partial charge in [0.25, 0.3) is 5.69 Å². The van der Waals surface area contributed by atoms with Crippen LogP contribution in [0.25, 0.3) is 10.9 Å². The number of aryl methyl sites for hydroxylation is 1. The van der Waals surface area contributed by atoms with E-state index in [2.05, 4.69) is 25.1 Å². The minimum atomic E-state index is -0.334. The minimum absolute atomic E-state index is 0.158. The van der Waals surface area contributed by atoms with Crippen molar-refractivity contribution in [1.82, 2.24) is 4.57 Å². The van der Waals surface area contributed by atoms with E-state index < -0.39 is 0 Å². The topological polar surface area (TPSA) is 48.1 Å². The summed E-state index contributed by atoms with van der Waals surface area (Å²) in [5, 5.41) is 11.7. The van der Waals surface area contributed by atoms with Crippen molar-refractivity contribution >= 4 is 16.6 Å². The van der Waals surface area contributed by atoms with Crippen LogP contribution in [0.3, 0.4) is 0 Å². The van der Waals surface area contributed by atoms with E-state index in [4.69, 9.17) is 0 Å². The summed E-state index contributed by atoms with van der Waals surface area (Å²) in [5.41, 5.74) is 3.45. The molecule has 1 heterocycles. The number of nitro groups is 1. The van der Waals surface area contributed by atoms with Crippen LogP contribution in [0.1, 0.15) is 11.1 Å². The van der Waals surface area contributed by atoms with Gasteiger partial charge >= 0.3 is 0 Å². The first-order chi connectivity index (χ1) is 9.65. The second-order valence-corrected chi connectivity index (χ2v) is 4.90. The van der Waals surface area contributed by atoms with Crippen molar-refractivity contribution in [2.45, 2.75) is 13.5 Å². The lowest BCUT2D eigenvalue weighted by Gasteiger charge is -2.06. The fourth-order valence-corrected chi connectivity index (χ4v) is 2.51. The van der Waals surface area contributed by atoms with Crippen molar-refractivity contribution < 1.29 is 4.92 Å². The molecule has 0 aliphatic carbocycles. The Morgan fingerprint density at radius 1 is 1.15 bits per heavy atom. The third kappa shape index (κ3) is 2.16. The summed E-state index contributed by atoms with van der Waals surface area (Å²) < 4.78 is 2.04. The zero-order chi connectivity index (χ0) is 14.1. The van der Waals surface area contributed by atoms with Crippen molar-refractivity contribution in [3.8, 4) is 0 Å². The number of nitrogens with zero attached hydrogens (tertiary/aromatic N) is 2. The van der Waals surface area contributed by atoms with Crippen molar-refractivity contribution in [3.05, 3.63) is 76.0 Å². The summed E-state index contributed by atoms with van der Waals surface area (Å²) in [6.07, 6.45) is 1.90. The molecule has 0 N–H and O–H groups in total. The SMILES string of the molecule is Cc1cccc(Cn2ccc3c([N+](=O)[O-])cccc32)c1. The molecule has 0 fully saturated rings. The number of benzene rings is 2. The third-order valence-corrected chi connectivity index (χ3v) is 3.42. The molecular formula is C16H14N2O2. The summed E-state index contributed by atoms with van der Waals surface area (Å²) in [7, 11) is 0. The Labute approximate surface area is 116 Å². The molecule has 4 nitrogen and oxygen atoms in total. The molecule has 0 spiro atoms. The third-order valence-electron chi connectivity index (χ3n) is 3.42. The maximum atomic E-state index is 11.0. The Morgan fingerprint density at radius 3 is 2.70 bits per heavy atom. The lowest BCUT2D eigenvalue weighted by atomic mass is 10.1. The van der Waals surface area contributed by atoms with E-state index in [0.29, 0.717) is 11.9 Å². The maximum Gasteiger partial charge on any atom is 0.278 e. The predicted molar refractivity (Wildman–Crippen MR) is 78.9 cm³/mol. The molecule has 0 aliphatic rings. The van der Waals surface area contributed by atoms with Gasteiger partial charge < -0.3 is 4.57 Å². The number of non-ortho nitro benzene ring substituents is 1. The quantitative estimate of drug-likeness (QED) is 0.533. The zero-order valence-electron chi connectivity index (χ0n) is 11.1. The Bertz CT molecular complexity index is 790. The lowest BCUT2D eigenvalue weighted by molar-refractivity contribution is -0.383. The van der Waals surface area contributed by atoms with E-state index in [1.165, 1.54) is 11.1 Å². The second-order valence-electron chi connectivity index (χ2n) is 4.90. The van der Waals surface area contributed by atoms with Crippen LogP contribution in [0.2, 0.25) is 0 Å². The maximum absolute atomic E-state index is 11.0. The first-order valence-electron chi connectivity index (χ1n) is 6.43. The molecule has 0 bridgehead atoms. The molecule has 0 radical (unpaired) electrons. The van der Waals surface area contributed by atoms with E-state index in [-0.39, 0.29) is 10.6 Å². The van der Waals surface area contributed by atoms with Gasteiger partial charge in [0.2, 0.25) is 0 Å². The van der Waals surface area contributed by atoms with E-state index in [9.17, 15) is 10.1 Å². The Hall–Kier alpha value is -2.62. The van der Waals surface area contributed by atoms with Gasteiger partial charge in [0.05, 0.1) is 15.8 Å². The molecule has 1 aromatic heterocycles. The van der Waals surface area contributed by atoms with E-state index in [1.807, 2.05) is 29.0 Å². The standard InChI is InChI=1S/C16H14N2O2/c1-12-4-2-5-13(10-12)11-17-9-8-14-15(17)6-3-7-16(14)18(19)20/h2-10H,11H2,1H3. The zero-order valence-corrected chi connectivity index (χ0v) is 11.1. The summed E-state index contributed by atoms with van der Waals surface area (Å²) in [5.74, 6) is 0. The van der Waals surface area contributed by atoms with Crippen LogP contribution >= 0.6 is 0 Å². The average Bonchev–Trinajstić information content (AvgIpc) is 2.82. The summed E-state index contributed by atoms with van der Waals surface area (Å²) in [6.45, 7) is 2.77. The van der Waals surface area contributed by atoms with Gasteiger partial charge in [0.15, 0.2) is 0 Å². The first-order valence-corrected chi connectivity index (χ1v) is 6.43. The van der Waals surface area contributed by atoms with Gasteiger partial charge in [-0.15, -0.1) is 0 Å². The molecule has 0 aliphatic heterocycles. The molecule has 2 aromatic carbocycles. The molecule has 0 saturated heterocycles. The van der Waals surface area contributed by atoms with Crippen LogP contribution in [-0.2, 0) is 6.54 Å². The monoisotopic (exact) mass is 266 g/mol. The molecule has 4 heteroatoms. The molecule has 3 aromatic rings. The van der Waals surface area contributed by atoms with Crippen LogP contribution in [0.5, 0.6) is 0 Å². The van der Waals surface area contributed by atoms with Crippen LogP contribution in [0.4, 0.5) is 5.69 Å². The normalized spacial score (nSPS) is 10.8. The highest BCUT2D eigenvalue weighted by Gasteiger charge is 2.13. The molecule has 3 rings (SSSR count). The van der Waals surface area contributed by atoms with Crippen LogP contribution in [-0.4, -0.2) is 9.49 Å². The van der Waals surface area contributed by atoms with Crippen LogP contribution in [0, 0.1) is 17.0 Å². The minimum Gasteiger partial charge on any atom is -0.343 e. The van der Waals surface area contributed by atoms with Crippen molar-refractivity contribution in [3.63, 3.8) is 0 Å². The van der Waals surface area contributed by atoms with Crippen LogP contribution < -0.4 is 0 Å². The summed E-state index contributed by atoms with van der Waals surface area (Å²) in [4.78, 5) is 10.7. The molecular weight excluding hydrogens is 252 g/mol. The molecule has 0 saturated carbocycles. The number of hydrogen-bond acceptors (Lipinski definition) is 2. The molecule has 0 unspecified atom stereocenters. The highest BCUT2D eigenvalue weighted by atomic mass is 16.6. The van der Waals surface area contributed by atoms with Gasteiger partial charge in [-0.25, -0.2) is 0 Å². The summed E-state index contributed by atoms with van der Waals surface area (Å²) in [6, 6.07) is 15.3. The average molecular weight is 266 g/mol. The first kappa shape index (κ1) is 12.4. The van der Waals surface area contributed by atoms with Crippen molar-refractivity contribution in [2.75, 3.05) is 0 Å². The predicted octanol–water partition coefficient (Wildman–Crippen LogP) is 3.91. The number of nitro benzene ring substituents is 1. The highest BCUT2D eigenvalue weighted by Crippen LogP contribution is 2.26. The van der Waals surface area contributed by atoms with Gasteiger partial charge in [-0.1, -0.05) is 35.9 Å². The van der Waals surface area contributed by atoms with E-state index in [0.717, 1.165) is 5.52 Å². The Kier molecular flexibility index (Phi) is 2.99. The van der Waals surface area contributed by atoms with Gasteiger partial charge in [-0.05, 0) is 24.6 Å². The van der Waals surface area contributed by atoms with Gasteiger partial charge in [-0.3, -0.25) is 10.1 Å². The molecule has 0 amide bonds. The number of aromatic nitrogens is 1. The number of rotatable bonds is 3. The lowest BCUT2D eigenvalue weighted by Crippen LogP contribution is -1.98. The number of fused-ring (bicyclic) bond motifs is 1. The second kappa shape index (κ2) is 4.81. The smallest absolute Gasteiger partial charge is 0.278 e. The van der Waals surface area contributed by atoms with Crippen molar-refractivity contribution in [1.29, 1.82) is 0 Å². The van der Waals surface area contributed by atoms with Gasteiger partial charge in [-0.2, -0.15) is 0 Å². The van der Waals surface area contributed by atoms with E-state index >= 15 is 0 Å². The van der Waals surface area contributed by atoms with Crippen molar-refractivity contribution in [2.24, 2.45) is 0 Å². The Morgan fingerprint density at radius 2 is 1.95 bits per heavy atom. The van der Waals surface area contributed by atoms with Gasteiger partial charge in [0.1, 0.15) is 0 Å². The number of hydrogen-bond donors (Lipinski definition) is 0. The molecule has 100 valence electrons. The molecule has 20 heavy (non-hydrogen) atoms. The molecule has 0 atom stereocenters. The fraction of sp³-hybridized carbons (Fsp3) is 0.125. The summed E-state index contributed by atoms with van der Waals surface area (Å²) >= 11 is 0. The van der Waals surface area contributed by atoms with Crippen LogP contribution in [0.15, 0.2) is 54.7 Å². The fourth-order valence-electron chi connectivity index (χ4n) is 2.51. The highest BCUT2D eigenvalue weighted by molar-refractivity contribution is 5.89. The largest absolute Gasteiger partial charge is 0.343 e.